The van der Waals surface area contributed by atoms with E-state index in [1.54, 1.807) is 32.0 Å². The molecule has 0 spiro atoms. The first-order chi connectivity index (χ1) is 12.9. The molecule has 0 saturated carbocycles. The van der Waals surface area contributed by atoms with Crippen molar-refractivity contribution in [3.8, 4) is 5.75 Å². The number of hydrogen-bond donors (Lipinski definition) is 2. The molecule has 0 bridgehead atoms. The molecule has 8 nitrogen and oxygen atoms in total. The zero-order chi connectivity index (χ0) is 19.6. The van der Waals surface area contributed by atoms with Gasteiger partial charge in [-0.2, -0.15) is 0 Å². The molecule has 0 atom stereocenters. The zero-order valence-electron chi connectivity index (χ0n) is 15.3. The summed E-state index contributed by atoms with van der Waals surface area (Å²) in [7, 11) is 1.51. The molecule has 2 N–H and O–H groups in total. The highest BCUT2D eigenvalue weighted by Crippen LogP contribution is 2.31. The molecule has 2 aromatic heterocycles. The lowest BCUT2D eigenvalue weighted by Crippen LogP contribution is -2.16. The van der Waals surface area contributed by atoms with Gasteiger partial charge >= 0.3 is 0 Å². The predicted octanol–water partition coefficient (Wildman–Crippen LogP) is 4.05. The third-order valence-corrected chi connectivity index (χ3v) is 4.09. The molecule has 2 heterocycles. The van der Waals surface area contributed by atoms with Crippen LogP contribution in [0.25, 0.3) is 0 Å². The van der Waals surface area contributed by atoms with Crippen molar-refractivity contribution in [2.75, 3.05) is 17.7 Å². The first-order valence-electron chi connectivity index (χ1n) is 8.07. The highest BCUT2D eigenvalue weighted by atomic mass is 35.5. The maximum absolute atomic E-state index is 12.7. The van der Waals surface area contributed by atoms with E-state index in [-0.39, 0.29) is 5.69 Å². The average Bonchev–Trinajstić information content (AvgIpc) is 3.02. The molecule has 140 valence electrons. The second-order valence-corrected chi connectivity index (χ2v) is 6.30. The number of rotatable bonds is 5. The second-order valence-electron chi connectivity index (χ2n) is 5.89. The zero-order valence-corrected chi connectivity index (χ0v) is 16.0. The highest BCUT2D eigenvalue weighted by Gasteiger charge is 2.15. The number of halogens is 1. The molecule has 27 heavy (non-hydrogen) atoms. The fraction of sp³-hybridized carbons (Fsp3) is 0.222. The van der Waals surface area contributed by atoms with Gasteiger partial charge in [-0.25, -0.2) is 9.97 Å². The number of nitrogens with one attached hydrogen (secondary N) is 2. The van der Waals surface area contributed by atoms with Gasteiger partial charge in [0.1, 0.15) is 28.8 Å². The molecule has 9 heteroatoms. The van der Waals surface area contributed by atoms with Crippen LogP contribution in [-0.2, 0) is 0 Å². The summed E-state index contributed by atoms with van der Waals surface area (Å²) in [5.74, 6) is 2.07. The van der Waals surface area contributed by atoms with Crippen LogP contribution in [0.5, 0.6) is 5.75 Å². The minimum Gasteiger partial charge on any atom is -0.495 e. The summed E-state index contributed by atoms with van der Waals surface area (Å²) >= 11 is 6.10. The SMILES string of the molecule is COc1cc(Cl)c(C)cc1NC(=O)c1cc(Nc2cc(C)on2)nc(C)n1. The summed E-state index contributed by atoms with van der Waals surface area (Å²) in [5, 5.41) is 10.2. The van der Waals surface area contributed by atoms with E-state index >= 15 is 0 Å². The van der Waals surface area contributed by atoms with Crippen LogP contribution >= 0.6 is 11.6 Å². The van der Waals surface area contributed by atoms with Gasteiger partial charge in [0.25, 0.3) is 5.91 Å². The average molecular weight is 388 g/mol. The normalized spacial score (nSPS) is 10.6. The fourth-order valence-corrected chi connectivity index (χ4v) is 2.57. The molecule has 0 aliphatic rings. The smallest absolute Gasteiger partial charge is 0.274 e. The molecule has 3 aromatic rings. The number of aryl methyl sites for hydroxylation is 3. The van der Waals surface area contributed by atoms with Crippen molar-refractivity contribution in [3.05, 3.63) is 52.1 Å². The first kappa shape index (κ1) is 18.7. The van der Waals surface area contributed by atoms with Crippen LogP contribution in [-0.4, -0.2) is 28.1 Å². The number of nitrogens with zero attached hydrogens (tertiary/aromatic N) is 3. The van der Waals surface area contributed by atoms with Gasteiger partial charge in [0, 0.05) is 23.2 Å². The van der Waals surface area contributed by atoms with Crippen molar-refractivity contribution in [2.45, 2.75) is 20.8 Å². The second kappa shape index (κ2) is 7.63. The van der Waals surface area contributed by atoms with Gasteiger partial charge in [-0.05, 0) is 32.4 Å². The van der Waals surface area contributed by atoms with Crippen molar-refractivity contribution in [1.82, 2.24) is 15.1 Å². The Kier molecular flexibility index (Phi) is 5.27. The van der Waals surface area contributed by atoms with Gasteiger partial charge in [0.15, 0.2) is 5.82 Å². The van der Waals surface area contributed by atoms with Crippen molar-refractivity contribution < 1.29 is 14.1 Å². The summed E-state index contributed by atoms with van der Waals surface area (Å²) in [6.07, 6.45) is 0. The molecule has 1 aromatic carbocycles. The van der Waals surface area contributed by atoms with E-state index < -0.39 is 5.91 Å². The lowest BCUT2D eigenvalue weighted by Gasteiger charge is -2.12. The highest BCUT2D eigenvalue weighted by molar-refractivity contribution is 6.31. The molecular weight excluding hydrogens is 370 g/mol. The minimum atomic E-state index is -0.403. The van der Waals surface area contributed by atoms with Crippen LogP contribution in [0, 0.1) is 20.8 Å². The van der Waals surface area contributed by atoms with Crippen LogP contribution in [0.3, 0.4) is 0 Å². The fourth-order valence-electron chi connectivity index (χ4n) is 2.42. The number of carbonyl (C=O) groups is 1. The number of benzene rings is 1. The van der Waals surface area contributed by atoms with E-state index in [9.17, 15) is 4.79 Å². The molecular formula is C18H18ClN5O3. The van der Waals surface area contributed by atoms with Crippen LogP contribution in [0.15, 0.2) is 28.8 Å². The quantitative estimate of drug-likeness (QED) is 0.680. The molecule has 0 saturated heterocycles. The van der Waals surface area contributed by atoms with E-state index in [1.165, 1.54) is 13.2 Å². The maximum Gasteiger partial charge on any atom is 0.274 e. The molecule has 0 fully saturated rings. The van der Waals surface area contributed by atoms with Gasteiger partial charge in [0.05, 0.1) is 12.8 Å². The molecule has 0 radical (unpaired) electrons. The van der Waals surface area contributed by atoms with Crippen molar-refractivity contribution >= 4 is 34.8 Å². The van der Waals surface area contributed by atoms with Crippen molar-refractivity contribution in [3.63, 3.8) is 0 Å². The van der Waals surface area contributed by atoms with Gasteiger partial charge in [-0.3, -0.25) is 4.79 Å². The molecule has 3 rings (SSSR count). The lowest BCUT2D eigenvalue weighted by atomic mass is 10.2. The molecule has 0 aliphatic carbocycles. The van der Waals surface area contributed by atoms with Crippen LogP contribution in [0.2, 0.25) is 5.02 Å². The summed E-state index contributed by atoms with van der Waals surface area (Å²) in [5.41, 5.74) is 1.51. The van der Waals surface area contributed by atoms with Gasteiger partial charge in [-0.1, -0.05) is 16.8 Å². The van der Waals surface area contributed by atoms with Crippen molar-refractivity contribution in [2.24, 2.45) is 0 Å². The molecule has 0 unspecified atom stereocenters. The van der Waals surface area contributed by atoms with Gasteiger partial charge < -0.3 is 19.9 Å². The Labute approximate surface area is 160 Å². The number of amides is 1. The Hall–Kier alpha value is -3.13. The maximum atomic E-state index is 12.7. The van der Waals surface area contributed by atoms with E-state index in [4.69, 9.17) is 20.9 Å². The van der Waals surface area contributed by atoms with E-state index in [0.29, 0.717) is 39.7 Å². The van der Waals surface area contributed by atoms with E-state index in [2.05, 4.69) is 25.8 Å². The number of anilines is 3. The van der Waals surface area contributed by atoms with Crippen LogP contribution < -0.4 is 15.4 Å². The molecule has 0 aliphatic heterocycles. The Morgan fingerprint density at radius 3 is 2.56 bits per heavy atom. The first-order valence-corrected chi connectivity index (χ1v) is 8.45. The number of ether oxygens (including phenoxy) is 1. The van der Waals surface area contributed by atoms with Gasteiger partial charge in [-0.15, -0.1) is 0 Å². The number of carbonyl (C=O) groups excluding carboxylic acids is 1. The third-order valence-electron chi connectivity index (χ3n) is 3.68. The topological polar surface area (TPSA) is 102 Å². The largest absolute Gasteiger partial charge is 0.495 e. The summed E-state index contributed by atoms with van der Waals surface area (Å²) in [6, 6.07) is 6.64. The standard InChI is InChI=1S/C18H18ClN5O3/c1-9-5-13(15(26-4)7-12(9)19)22-18(25)14-8-16(21-11(3)20-14)23-17-6-10(2)27-24-17/h5-8H,1-4H3,(H,22,25)(H,20,21,23,24). The van der Waals surface area contributed by atoms with Crippen LogP contribution in [0.1, 0.15) is 27.6 Å². The summed E-state index contributed by atoms with van der Waals surface area (Å²) in [4.78, 5) is 21.1. The van der Waals surface area contributed by atoms with E-state index in [0.717, 1.165) is 5.56 Å². The number of aromatic nitrogens is 3. The Morgan fingerprint density at radius 1 is 1.11 bits per heavy atom. The molecule has 1 amide bonds. The van der Waals surface area contributed by atoms with E-state index in [1.807, 2.05) is 6.92 Å². The van der Waals surface area contributed by atoms with Gasteiger partial charge in [0.2, 0.25) is 0 Å². The Bertz CT molecular complexity index is 1000. The summed E-state index contributed by atoms with van der Waals surface area (Å²) in [6.45, 7) is 5.32. The van der Waals surface area contributed by atoms with Crippen LogP contribution in [0.4, 0.5) is 17.3 Å². The predicted molar refractivity (Wildman–Crippen MR) is 102 cm³/mol. The number of hydrogen-bond acceptors (Lipinski definition) is 7. The minimum absolute atomic E-state index is 0.194. The number of methoxy groups -OCH3 is 1. The lowest BCUT2D eigenvalue weighted by molar-refractivity contribution is 0.102. The third kappa shape index (κ3) is 4.35. The monoisotopic (exact) mass is 387 g/mol. The van der Waals surface area contributed by atoms with Crippen molar-refractivity contribution in [1.29, 1.82) is 0 Å². The Morgan fingerprint density at radius 2 is 1.89 bits per heavy atom. The Balaban J connectivity index is 1.86. The summed E-state index contributed by atoms with van der Waals surface area (Å²) < 4.78 is 10.3.